The summed E-state index contributed by atoms with van der Waals surface area (Å²) in [6, 6.07) is 0.730. The number of hydrogen-bond donors (Lipinski definition) is 1. The minimum atomic E-state index is 0.0262. The van der Waals surface area contributed by atoms with Gasteiger partial charge in [-0.05, 0) is 39.0 Å². The maximum absolute atomic E-state index is 12.5. The molecule has 0 atom stereocenters. The van der Waals surface area contributed by atoms with Crippen LogP contribution >= 0.6 is 0 Å². The molecule has 2 rings (SSSR count). The van der Waals surface area contributed by atoms with E-state index in [4.69, 9.17) is 5.73 Å². The summed E-state index contributed by atoms with van der Waals surface area (Å²) in [6.45, 7) is 5.69. The Kier molecular flexibility index (Phi) is 5.17. The van der Waals surface area contributed by atoms with E-state index < -0.39 is 0 Å². The average molecular weight is 278 g/mol. The predicted octanol–water partition coefficient (Wildman–Crippen LogP) is 1.75. The molecule has 0 radical (unpaired) electrons. The zero-order chi connectivity index (χ0) is 14.5. The fourth-order valence-electron chi connectivity index (χ4n) is 3.00. The minimum absolute atomic E-state index is 0.0262. The molecule has 1 aromatic rings. The number of rotatable bonds is 5. The molecule has 0 unspecified atom stereocenters. The summed E-state index contributed by atoms with van der Waals surface area (Å²) in [6.07, 6.45) is 8.71. The molecule has 5 heteroatoms. The molecule has 5 nitrogen and oxygen atoms in total. The van der Waals surface area contributed by atoms with Crippen LogP contribution in [0.3, 0.4) is 0 Å². The second-order valence-electron chi connectivity index (χ2n) is 5.60. The predicted molar refractivity (Wildman–Crippen MR) is 82.0 cm³/mol. The van der Waals surface area contributed by atoms with Crippen molar-refractivity contribution in [3.05, 3.63) is 22.7 Å². The van der Waals surface area contributed by atoms with E-state index in [1.54, 1.807) is 17.0 Å². The van der Waals surface area contributed by atoms with Crippen molar-refractivity contribution >= 4 is 5.82 Å². The van der Waals surface area contributed by atoms with E-state index in [1.165, 1.54) is 0 Å². The van der Waals surface area contributed by atoms with Crippen molar-refractivity contribution in [2.75, 3.05) is 11.4 Å². The van der Waals surface area contributed by atoms with E-state index in [9.17, 15) is 4.79 Å². The highest BCUT2D eigenvalue weighted by Gasteiger charge is 2.26. The molecule has 1 aromatic heterocycles. The number of nitrogens with zero attached hydrogens (tertiary/aromatic N) is 3. The number of hydrogen-bond acceptors (Lipinski definition) is 4. The van der Waals surface area contributed by atoms with Gasteiger partial charge in [0, 0.05) is 37.6 Å². The van der Waals surface area contributed by atoms with Gasteiger partial charge < -0.3 is 15.2 Å². The largest absolute Gasteiger partial charge is 0.349 e. The molecule has 1 saturated carbocycles. The van der Waals surface area contributed by atoms with Crippen molar-refractivity contribution in [1.29, 1.82) is 0 Å². The van der Waals surface area contributed by atoms with Crippen LogP contribution in [0.15, 0.2) is 17.2 Å². The van der Waals surface area contributed by atoms with Crippen LogP contribution in [0.2, 0.25) is 0 Å². The molecule has 0 bridgehead atoms. The third-order valence-electron chi connectivity index (χ3n) is 4.15. The Bertz CT molecular complexity index is 477. The van der Waals surface area contributed by atoms with Crippen LogP contribution < -0.4 is 16.2 Å². The van der Waals surface area contributed by atoms with E-state index in [0.29, 0.717) is 24.4 Å². The summed E-state index contributed by atoms with van der Waals surface area (Å²) in [5, 5.41) is 0. The third-order valence-corrected chi connectivity index (χ3v) is 4.15. The Hall–Kier alpha value is -1.36. The Labute approximate surface area is 120 Å². The van der Waals surface area contributed by atoms with Crippen molar-refractivity contribution in [3.8, 4) is 0 Å². The molecule has 1 heterocycles. The second-order valence-corrected chi connectivity index (χ2v) is 5.60. The molecule has 1 aliphatic carbocycles. The lowest BCUT2D eigenvalue weighted by atomic mass is 9.90. The maximum Gasteiger partial charge on any atom is 0.293 e. The van der Waals surface area contributed by atoms with Gasteiger partial charge in [-0.15, -0.1) is 0 Å². The third kappa shape index (κ3) is 3.20. The molecule has 0 saturated heterocycles. The number of nitrogens with two attached hydrogens (primary N) is 1. The first-order valence-corrected chi connectivity index (χ1v) is 7.75. The van der Waals surface area contributed by atoms with Gasteiger partial charge in [-0.2, -0.15) is 0 Å². The van der Waals surface area contributed by atoms with E-state index in [2.05, 4.69) is 16.8 Å². The fourth-order valence-corrected chi connectivity index (χ4v) is 3.00. The van der Waals surface area contributed by atoms with E-state index in [1.807, 2.05) is 6.92 Å². The Morgan fingerprint density at radius 1 is 1.35 bits per heavy atom. The maximum atomic E-state index is 12.5. The van der Waals surface area contributed by atoms with E-state index in [-0.39, 0.29) is 5.56 Å². The first-order chi connectivity index (χ1) is 9.67. The van der Waals surface area contributed by atoms with Gasteiger partial charge in [0.15, 0.2) is 5.82 Å². The quantitative estimate of drug-likeness (QED) is 0.891. The highest BCUT2D eigenvalue weighted by molar-refractivity contribution is 5.37. The molecule has 0 aliphatic heterocycles. The highest BCUT2D eigenvalue weighted by Crippen LogP contribution is 2.24. The van der Waals surface area contributed by atoms with Crippen molar-refractivity contribution < 1.29 is 0 Å². The van der Waals surface area contributed by atoms with Crippen LogP contribution in [0.5, 0.6) is 0 Å². The van der Waals surface area contributed by atoms with Gasteiger partial charge in [0.25, 0.3) is 5.56 Å². The zero-order valence-electron chi connectivity index (χ0n) is 12.6. The Balaban J connectivity index is 2.26. The van der Waals surface area contributed by atoms with Gasteiger partial charge in [-0.3, -0.25) is 4.79 Å². The van der Waals surface area contributed by atoms with Crippen LogP contribution in [0.1, 0.15) is 46.0 Å². The molecule has 0 spiro atoms. The summed E-state index contributed by atoms with van der Waals surface area (Å²) >= 11 is 0. The van der Waals surface area contributed by atoms with Crippen LogP contribution in [0.4, 0.5) is 5.82 Å². The smallest absolute Gasteiger partial charge is 0.293 e. The van der Waals surface area contributed by atoms with Crippen LogP contribution in [-0.4, -0.2) is 28.2 Å². The molecule has 1 fully saturated rings. The van der Waals surface area contributed by atoms with Crippen molar-refractivity contribution in [2.45, 2.75) is 64.6 Å². The van der Waals surface area contributed by atoms with Gasteiger partial charge >= 0.3 is 0 Å². The molecule has 20 heavy (non-hydrogen) atoms. The summed E-state index contributed by atoms with van der Waals surface area (Å²) in [5.74, 6) is 0.608. The van der Waals surface area contributed by atoms with Gasteiger partial charge in [0.1, 0.15) is 0 Å². The molecule has 2 N–H and O–H groups in total. The van der Waals surface area contributed by atoms with Crippen LogP contribution in [0.25, 0.3) is 0 Å². The highest BCUT2D eigenvalue weighted by atomic mass is 16.1. The lowest BCUT2D eigenvalue weighted by molar-refractivity contribution is 0.373. The van der Waals surface area contributed by atoms with Crippen molar-refractivity contribution in [3.63, 3.8) is 0 Å². The van der Waals surface area contributed by atoms with Gasteiger partial charge in [0.2, 0.25) is 0 Å². The first-order valence-electron chi connectivity index (χ1n) is 7.75. The van der Waals surface area contributed by atoms with Crippen LogP contribution in [-0.2, 0) is 6.54 Å². The molecule has 112 valence electrons. The fraction of sp³-hybridized carbons (Fsp3) is 0.733. The summed E-state index contributed by atoms with van der Waals surface area (Å²) in [7, 11) is 0. The molecule has 1 aliphatic rings. The number of anilines is 1. The topological polar surface area (TPSA) is 64.2 Å². The lowest BCUT2D eigenvalue weighted by Crippen LogP contribution is -2.44. The van der Waals surface area contributed by atoms with E-state index in [0.717, 1.165) is 38.6 Å². The summed E-state index contributed by atoms with van der Waals surface area (Å²) < 4.78 is 1.72. The number of aryl methyl sites for hydroxylation is 1. The van der Waals surface area contributed by atoms with Gasteiger partial charge in [0.05, 0.1) is 0 Å². The van der Waals surface area contributed by atoms with E-state index >= 15 is 0 Å². The Morgan fingerprint density at radius 3 is 2.65 bits per heavy atom. The van der Waals surface area contributed by atoms with Gasteiger partial charge in [-0.25, -0.2) is 4.98 Å². The lowest BCUT2D eigenvalue weighted by Gasteiger charge is -2.36. The van der Waals surface area contributed by atoms with Crippen LogP contribution in [0, 0.1) is 0 Å². The molecule has 0 aromatic carbocycles. The zero-order valence-corrected chi connectivity index (χ0v) is 12.6. The minimum Gasteiger partial charge on any atom is -0.349 e. The average Bonchev–Trinajstić information content (AvgIpc) is 2.47. The van der Waals surface area contributed by atoms with Crippen molar-refractivity contribution in [2.24, 2.45) is 5.73 Å². The second kappa shape index (κ2) is 6.88. The standard InChI is InChI=1S/C15H26N4O/c1-3-10-19(13-7-5-12(16)6-8-13)14-15(20)18(4-2)11-9-17-14/h9,11-13H,3-8,10,16H2,1-2H3. The summed E-state index contributed by atoms with van der Waals surface area (Å²) in [4.78, 5) is 19.0. The number of aromatic nitrogens is 2. The monoisotopic (exact) mass is 278 g/mol. The molecule has 0 amide bonds. The van der Waals surface area contributed by atoms with Crippen molar-refractivity contribution in [1.82, 2.24) is 9.55 Å². The van der Waals surface area contributed by atoms with Gasteiger partial charge in [-0.1, -0.05) is 6.92 Å². The molecular weight excluding hydrogens is 252 g/mol. The summed E-state index contributed by atoms with van der Waals surface area (Å²) in [5.41, 5.74) is 6.01. The first kappa shape index (κ1) is 15.0. The Morgan fingerprint density at radius 2 is 2.05 bits per heavy atom. The molecular formula is C15H26N4O. The normalized spacial score (nSPS) is 22.8. The SMILES string of the molecule is CCCN(c1nccn(CC)c1=O)C1CCC(N)CC1.